The van der Waals surface area contributed by atoms with E-state index in [0.29, 0.717) is 10.6 Å². The fraction of sp³-hybridized carbons (Fsp3) is 0.143. The van der Waals surface area contributed by atoms with Crippen LogP contribution < -0.4 is 4.72 Å². The van der Waals surface area contributed by atoms with Crippen molar-refractivity contribution >= 4 is 44.8 Å². The number of nitrogens with one attached hydrogen (secondary N) is 1. The van der Waals surface area contributed by atoms with Crippen molar-refractivity contribution in [3.05, 3.63) is 65.2 Å². The molecular weight excluding hydrogens is 369 g/mol. The molecule has 2 rings (SSSR count). The highest BCUT2D eigenvalue weighted by atomic mass is 35.5. The first kappa shape index (κ1) is 17.5. The van der Waals surface area contributed by atoms with Crippen LogP contribution >= 0.6 is 34.8 Å². The zero-order valence-electron chi connectivity index (χ0n) is 11.1. The Labute approximate surface area is 143 Å². The Bertz CT molecular complexity index is 734. The second kappa shape index (κ2) is 6.74. The molecule has 0 saturated carbocycles. The van der Waals surface area contributed by atoms with E-state index in [0.717, 1.165) is 0 Å². The number of aliphatic hydroxyl groups is 1. The van der Waals surface area contributed by atoms with E-state index in [4.69, 9.17) is 34.8 Å². The van der Waals surface area contributed by atoms with Crippen LogP contribution in [0, 0.1) is 0 Å². The van der Waals surface area contributed by atoms with Gasteiger partial charge in [0.15, 0.2) is 10.6 Å². The molecule has 0 spiro atoms. The molecule has 0 saturated heterocycles. The molecule has 0 amide bonds. The molecule has 0 bridgehead atoms. The van der Waals surface area contributed by atoms with Crippen LogP contribution in [0.2, 0.25) is 5.02 Å². The van der Waals surface area contributed by atoms with E-state index in [1.807, 2.05) is 0 Å². The summed E-state index contributed by atoms with van der Waals surface area (Å²) in [5, 5.41) is 10.5. The molecule has 22 heavy (non-hydrogen) atoms. The maximum Gasteiger partial charge on any atom is 0.242 e. The molecule has 0 aliphatic carbocycles. The van der Waals surface area contributed by atoms with E-state index in [1.165, 1.54) is 24.3 Å². The van der Waals surface area contributed by atoms with Gasteiger partial charge in [-0.15, -0.1) is 0 Å². The van der Waals surface area contributed by atoms with Gasteiger partial charge in [-0.3, -0.25) is 0 Å². The van der Waals surface area contributed by atoms with Crippen molar-refractivity contribution in [3.63, 3.8) is 0 Å². The van der Waals surface area contributed by atoms with Crippen LogP contribution in [0.1, 0.15) is 5.56 Å². The van der Waals surface area contributed by atoms with Gasteiger partial charge in [0.25, 0.3) is 0 Å². The van der Waals surface area contributed by atoms with Crippen LogP contribution in [-0.4, -0.2) is 19.8 Å². The monoisotopic (exact) mass is 379 g/mol. The lowest BCUT2D eigenvalue weighted by molar-refractivity contribution is 0.144. The second-order valence-electron chi connectivity index (χ2n) is 4.47. The lowest BCUT2D eigenvalue weighted by atomic mass is 10.1. The first-order valence-electron chi connectivity index (χ1n) is 6.13. The molecule has 0 heterocycles. The highest BCUT2D eigenvalue weighted by Gasteiger charge is 2.38. The van der Waals surface area contributed by atoms with Gasteiger partial charge < -0.3 is 5.11 Å². The highest BCUT2D eigenvalue weighted by Crippen LogP contribution is 2.36. The van der Waals surface area contributed by atoms with Gasteiger partial charge in [0, 0.05) is 5.02 Å². The van der Waals surface area contributed by atoms with Crippen molar-refractivity contribution in [1.82, 2.24) is 4.72 Å². The molecule has 1 atom stereocenters. The van der Waals surface area contributed by atoms with Crippen LogP contribution in [0.3, 0.4) is 0 Å². The Balaban J connectivity index is 2.24. The van der Waals surface area contributed by atoms with Crippen LogP contribution in [0.15, 0.2) is 59.5 Å². The van der Waals surface area contributed by atoms with Crippen LogP contribution in [-0.2, 0) is 14.4 Å². The first-order chi connectivity index (χ1) is 10.2. The molecule has 0 aromatic heterocycles. The van der Waals surface area contributed by atoms with Gasteiger partial charge in [-0.05, 0) is 29.8 Å². The minimum atomic E-state index is -3.99. The summed E-state index contributed by atoms with van der Waals surface area (Å²) < 4.78 is 24.6. The van der Waals surface area contributed by atoms with Gasteiger partial charge in [-0.2, -0.15) is 4.72 Å². The van der Waals surface area contributed by atoms with E-state index in [1.54, 1.807) is 30.3 Å². The zero-order chi connectivity index (χ0) is 16.4. The van der Waals surface area contributed by atoms with E-state index < -0.39 is 20.6 Å². The van der Waals surface area contributed by atoms with E-state index in [9.17, 15) is 13.5 Å². The Kier molecular flexibility index (Phi) is 5.37. The lowest BCUT2D eigenvalue weighted by Gasteiger charge is -2.26. The summed E-state index contributed by atoms with van der Waals surface area (Å²) in [5.74, 6) is 0. The molecule has 2 aromatic carbocycles. The predicted molar refractivity (Wildman–Crippen MR) is 87.6 cm³/mol. The largest absolute Gasteiger partial charge is 0.374 e. The summed E-state index contributed by atoms with van der Waals surface area (Å²) >= 11 is 17.9. The lowest BCUT2D eigenvalue weighted by Crippen LogP contribution is -2.44. The Morgan fingerprint density at radius 2 is 1.55 bits per heavy atom. The number of benzene rings is 2. The number of hydrogen-bond donors (Lipinski definition) is 2. The van der Waals surface area contributed by atoms with E-state index in [2.05, 4.69) is 4.72 Å². The maximum atomic E-state index is 12.2. The molecular formula is C14H12Cl3NO3S. The maximum absolute atomic E-state index is 12.2. The fourth-order valence-electron chi connectivity index (χ4n) is 1.72. The second-order valence-corrected chi connectivity index (χ2v) is 8.00. The van der Waals surface area contributed by atoms with E-state index >= 15 is 0 Å². The summed E-state index contributed by atoms with van der Waals surface area (Å²) in [5.41, 5.74) is 0.365. The van der Waals surface area contributed by atoms with Crippen LogP contribution in [0.4, 0.5) is 0 Å². The number of rotatable bonds is 5. The third kappa shape index (κ3) is 3.93. The van der Waals surface area contributed by atoms with Crippen molar-refractivity contribution in [2.45, 2.75) is 15.5 Å². The SMILES string of the molecule is O=S(=O)(NC(O)C(Cl)(Cl)c1ccccc1)c1ccc(Cl)cc1. The van der Waals surface area contributed by atoms with Gasteiger partial charge in [-0.1, -0.05) is 65.1 Å². The molecule has 2 N–H and O–H groups in total. The van der Waals surface area contributed by atoms with Crippen molar-refractivity contribution in [1.29, 1.82) is 0 Å². The summed E-state index contributed by atoms with van der Waals surface area (Å²) in [6.45, 7) is 0. The quantitative estimate of drug-likeness (QED) is 0.618. The molecule has 0 aliphatic heterocycles. The third-order valence-electron chi connectivity index (χ3n) is 2.89. The molecule has 0 aliphatic rings. The molecule has 8 heteroatoms. The van der Waals surface area contributed by atoms with E-state index in [-0.39, 0.29) is 4.90 Å². The highest BCUT2D eigenvalue weighted by molar-refractivity contribution is 7.89. The van der Waals surface area contributed by atoms with Crippen LogP contribution in [0.25, 0.3) is 0 Å². The minimum absolute atomic E-state index is 0.0619. The summed E-state index contributed by atoms with van der Waals surface area (Å²) in [4.78, 5) is -0.0619. The number of sulfonamides is 1. The topological polar surface area (TPSA) is 66.4 Å². The van der Waals surface area contributed by atoms with Gasteiger partial charge in [0.1, 0.15) is 0 Å². The van der Waals surface area contributed by atoms with Gasteiger partial charge >= 0.3 is 0 Å². The van der Waals surface area contributed by atoms with Crippen molar-refractivity contribution in [2.75, 3.05) is 0 Å². The van der Waals surface area contributed by atoms with Crippen molar-refractivity contribution < 1.29 is 13.5 Å². The number of hydrogen-bond acceptors (Lipinski definition) is 3. The Morgan fingerprint density at radius 3 is 2.09 bits per heavy atom. The molecule has 0 fully saturated rings. The smallest absolute Gasteiger partial charge is 0.242 e. The summed E-state index contributed by atoms with van der Waals surface area (Å²) in [6.07, 6.45) is -1.74. The predicted octanol–water partition coefficient (Wildman–Crippen LogP) is 3.27. The first-order valence-corrected chi connectivity index (χ1v) is 8.74. The number of aliphatic hydroxyl groups excluding tert-OH is 1. The van der Waals surface area contributed by atoms with Gasteiger partial charge in [-0.25, -0.2) is 8.42 Å². The summed E-state index contributed by atoms with van der Waals surface area (Å²) in [7, 11) is -3.99. The molecule has 0 radical (unpaired) electrons. The third-order valence-corrected chi connectivity index (χ3v) is 5.42. The summed E-state index contributed by atoms with van der Waals surface area (Å²) in [6, 6.07) is 13.7. The fourth-order valence-corrected chi connectivity index (χ4v) is 3.44. The molecule has 2 aromatic rings. The standard InChI is InChI=1S/C14H12Cl3NO3S/c15-11-6-8-12(9-7-11)22(20,21)18-13(19)14(16,17)10-4-2-1-3-5-10/h1-9,13,18-19H. The molecule has 118 valence electrons. The molecule has 1 unspecified atom stereocenters. The van der Waals surface area contributed by atoms with Crippen molar-refractivity contribution in [2.24, 2.45) is 0 Å². The Morgan fingerprint density at radius 1 is 1.00 bits per heavy atom. The minimum Gasteiger partial charge on any atom is -0.374 e. The average molecular weight is 381 g/mol. The van der Waals surface area contributed by atoms with Gasteiger partial charge in [0.2, 0.25) is 10.0 Å². The average Bonchev–Trinajstić information content (AvgIpc) is 2.48. The number of halogens is 3. The van der Waals surface area contributed by atoms with Crippen LogP contribution in [0.5, 0.6) is 0 Å². The van der Waals surface area contributed by atoms with Gasteiger partial charge in [0.05, 0.1) is 4.90 Å². The molecule has 4 nitrogen and oxygen atoms in total. The normalized spacial score (nSPS) is 13.8. The number of alkyl halides is 2. The zero-order valence-corrected chi connectivity index (χ0v) is 14.2. The van der Waals surface area contributed by atoms with Crippen molar-refractivity contribution in [3.8, 4) is 0 Å². The Hall–Kier alpha value is -0.820.